The van der Waals surface area contributed by atoms with Gasteiger partial charge < -0.3 is 5.32 Å². The molecule has 1 nitrogen and oxygen atoms in total. The molecular formula is C13H19F2N. The summed E-state index contributed by atoms with van der Waals surface area (Å²) in [7, 11) is 0. The Morgan fingerprint density at radius 2 is 1.62 bits per heavy atom. The zero-order chi connectivity index (χ0) is 12.1. The maximum atomic E-state index is 13.0. The second-order valence-corrected chi connectivity index (χ2v) is 4.50. The molecule has 3 heteroatoms. The van der Waals surface area contributed by atoms with E-state index in [4.69, 9.17) is 0 Å². The minimum absolute atomic E-state index is 0.163. The summed E-state index contributed by atoms with van der Waals surface area (Å²) in [4.78, 5) is 0. The van der Waals surface area contributed by atoms with E-state index in [0.717, 1.165) is 24.6 Å². The van der Waals surface area contributed by atoms with E-state index < -0.39 is 11.6 Å². The van der Waals surface area contributed by atoms with Crippen LogP contribution >= 0.6 is 0 Å². The molecule has 0 saturated heterocycles. The van der Waals surface area contributed by atoms with Crippen molar-refractivity contribution in [3.63, 3.8) is 0 Å². The van der Waals surface area contributed by atoms with Gasteiger partial charge in [-0.25, -0.2) is 8.78 Å². The second-order valence-electron chi connectivity index (χ2n) is 4.50. The topological polar surface area (TPSA) is 12.0 Å². The number of nitrogens with one attached hydrogen (secondary N) is 1. The number of rotatable bonds is 5. The molecule has 0 saturated carbocycles. The average molecular weight is 227 g/mol. The fourth-order valence-electron chi connectivity index (χ4n) is 1.61. The molecule has 0 aliphatic rings. The van der Waals surface area contributed by atoms with Crippen LogP contribution in [0.3, 0.4) is 0 Å². The summed E-state index contributed by atoms with van der Waals surface area (Å²) in [6, 6.07) is 4.16. The Kier molecular flexibility index (Phi) is 4.87. The van der Waals surface area contributed by atoms with Crippen LogP contribution in [-0.2, 0) is 0 Å². The molecule has 1 rings (SSSR count). The molecule has 0 aliphatic carbocycles. The van der Waals surface area contributed by atoms with E-state index in [-0.39, 0.29) is 5.92 Å². The van der Waals surface area contributed by atoms with Gasteiger partial charge in [-0.15, -0.1) is 0 Å². The van der Waals surface area contributed by atoms with Crippen LogP contribution in [0.2, 0.25) is 0 Å². The molecule has 0 bridgehead atoms. The lowest BCUT2D eigenvalue weighted by atomic mass is 9.97. The van der Waals surface area contributed by atoms with Gasteiger partial charge in [0.25, 0.3) is 0 Å². The van der Waals surface area contributed by atoms with Gasteiger partial charge in [-0.3, -0.25) is 0 Å². The van der Waals surface area contributed by atoms with Gasteiger partial charge in [-0.2, -0.15) is 0 Å². The molecule has 0 aromatic heterocycles. The zero-order valence-electron chi connectivity index (χ0n) is 10.1. The number of benzene rings is 1. The van der Waals surface area contributed by atoms with Crippen LogP contribution < -0.4 is 5.32 Å². The predicted molar refractivity (Wildman–Crippen MR) is 62.5 cm³/mol. The molecule has 1 unspecified atom stereocenters. The summed E-state index contributed by atoms with van der Waals surface area (Å²) in [5, 5.41) is 3.29. The first kappa shape index (κ1) is 13.1. The summed E-state index contributed by atoms with van der Waals surface area (Å²) < 4.78 is 26.0. The molecule has 0 fully saturated rings. The van der Waals surface area contributed by atoms with Gasteiger partial charge in [0.1, 0.15) is 11.6 Å². The van der Waals surface area contributed by atoms with E-state index in [1.54, 1.807) is 0 Å². The Hall–Kier alpha value is -0.960. The minimum atomic E-state index is -0.501. The van der Waals surface area contributed by atoms with Gasteiger partial charge >= 0.3 is 0 Å². The number of hydrogen-bond donors (Lipinski definition) is 1. The largest absolute Gasteiger partial charge is 0.315 e. The maximum Gasteiger partial charge on any atom is 0.126 e. The lowest BCUT2D eigenvalue weighted by molar-refractivity contribution is 0.533. The molecule has 90 valence electrons. The fourth-order valence-corrected chi connectivity index (χ4v) is 1.61. The van der Waals surface area contributed by atoms with Crippen molar-refractivity contribution in [2.24, 2.45) is 0 Å². The van der Waals surface area contributed by atoms with Crippen LogP contribution in [-0.4, -0.2) is 12.6 Å². The highest BCUT2D eigenvalue weighted by atomic mass is 19.1. The molecule has 0 amide bonds. The Morgan fingerprint density at radius 1 is 1.06 bits per heavy atom. The molecule has 0 spiro atoms. The summed E-state index contributed by atoms with van der Waals surface area (Å²) in [6.45, 7) is 6.99. The fraction of sp³-hybridized carbons (Fsp3) is 0.538. The normalized spacial score (nSPS) is 13.1. The number of halogens is 2. The van der Waals surface area contributed by atoms with E-state index in [1.807, 2.05) is 6.92 Å². The van der Waals surface area contributed by atoms with Crippen molar-refractivity contribution in [3.05, 3.63) is 35.4 Å². The van der Waals surface area contributed by atoms with Gasteiger partial charge in [0.15, 0.2) is 0 Å². The lowest BCUT2D eigenvalue weighted by Crippen LogP contribution is -2.24. The van der Waals surface area contributed by atoms with Crippen LogP contribution in [0.4, 0.5) is 8.78 Å². The maximum absolute atomic E-state index is 13.0. The third kappa shape index (κ3) is 4.27. The van der Waals surface area contributed by atoms with Gasteiger partial charge in [0.2, 0.25) is 0 Å². The molecule has 0 radical (unpaired) electrons. The summed E-state index contributed by atoms with van der Waals surface area (Å²) in [6.07, 6.45) is 0.876. The third-order valence-corrected chi connectivity index (χ3v) is 2.58. The summed E-state index contributed by atoms with van der Waals surface area (Å²) in [5.74, 6) is -0.839. The third-order valence-electron chi connectivity index (χ3n) is 2.58. The minimum Gasteiger partial charge on any atom is -0.315 e. The predicted octanol–water partition coefficient (Wildman–Crippen LogP) is 3.46. The van der Waals surface area contributed by atoms with Gasteiger partial charge in [-0.1, -0.05) is 20.8 Å². The summed E-state index contributed by atoms with van der Waals surface area (Å²) in [5.41, 5.74) is 0.725. The van der Waals surface area contributed by atoms with Crippen molar-refractivity contribution in [2.45, 2.75) is 39.2 Å². The Labute approximate surface area is 95.9 Å². The van der Waals surface area contributed by atoms with E-state index in [1.165, 1.54) is 12.1 Å². The molecule has 1 aromatic rings. The van der Waals surface area contributed by atoms with Gasteiger partial charge in [-0.05, 0) is 36.6 Å². The van der Waals surface area contributed by atoms with Gasteiger partial charge in [0.05, 0.1) is 0 Å². The standard InChI is InChI=1S/C13H19F2N/c1-9(2)16-5-4-10(3)11-6-12(14)8-13(15)7-11/h6-10,16H,4-5H2,1-3H3. The van der Waals surface area contributed by atoms with Crippen molar-refractivity contribution in [3.8, 4) is 0 Å². The smallest absolute Gasteiger partial charge is 0.126 e. The first-order valence-electron chi connectivity index (χ1n) is 5.68. The SMILES string of the molecule is CC(C)NCCC(C)c1cc(F)cc(F)c1. The highest BCUT2D eigenvalue weighted by Crippen LogP contribution is 2.20. The monoisotopic (exact) mass is 227 g/mol. The molecule has 1 atom stereocenters. The van der Waals surface area contributed by atoms with Crippen molar-refractivity contribution < 1.29 is 8.78 Å². The average Bonchev–Trinajstić information content (AvgIpc) is 2.15. The summed E-state index contributed by atoms with van der Waals surface area (Å²) >= 11 is 0. The molecule has 1 aromatic carbocycles. The number of hydrogen-bond acceptors (Lipinski definition) is 1. The van der Waals surface area contributed by atoms with E-state index >= 15 is 0 Å². The van der Waals surface area contributed by atoms with Crippen molar-refractivity contribution in [1.82, 2.24) is 5.32 Å². The van der Waals surface area contributed by atoms with Crippen molar-refractivity contribution in [2.75, 3.05) is 6.54 Å². The van der Waals surface area contributed by atoms with E-state index in [2.05, 4.69) is 19.2 Å². The Morgan fingerprint density at radius 3 is 2.12 bits per heavy atom. The Balaban J connectivity index is 2.55. The first-order valence-corrected chi connectivity index (χ1v) is 5.68. The molecule has 16 heavy (non-hydrogen) atoms. The van der Waals surface area contributed by atoms with Crippen LogP contribution in [0.1, 0.15) is 38.7 Å². The highest BCUT2D eigenvalue weighted by Gasteiger charge is 2.08. The van der Waals surface area contributed by atoms with Crippen LogP contribution in [0.25, 0.3) is 0 Å². The van der Waals surface area contributed by atoms with E-state index in [9.17, 15) is 8.78 Å². The molecular weight excluding hydrogens is 208 g/mol. The van der Waals surface area contributed by atoms with Crippen molar-refractivity contribution >= 4 is 0 Å². The highest BCUT2D eigenvalue weighted by molar-refractivity contribution is 5.21. The second kappa shape index (κ2) is 5.94. The van der Waals surface area contributed by atoms with Crippen LogP contribution in [0.5, 0.6) is 0 Å². The molecule has 0 heterocycles. The van der Waals surface area contributed by atoms with Crippen LogP contribution in [0.15, 0.2) is 18.2 Å². The molecule has 0 aliphatic heterocycles. The zero-order valence-corrected chi connectivity index (χ0v) is 10.1. The Bertz CT molecular complexity index is 316. The van der Waals surface area contributed by atoms with Crippen LogP contribution in [0, 0.1) is 11.6 Å². The van der Waals surface area contributed by atoms with Gasteiger partial charge in [0, 0.05) is 12.1 Å². The van der Waals surface area contributed by atoms with E-state index in [0.29, 0.717) is 6.04 Å². The van der Waals surface area contributed by atoms with Crippen molar-refractivity contribution in [1.29, 1.82) is 0 Å². The molecule has 1 N–H and O–H groups in total. The quantitative estimate of drug-likeness (QED) is 0.812. The first-order chi connectivity index (χ1) is 7.49. The lowest BCUT2D eigenvalue weighted by Gasteiger charge is -2.14.